The van der Waals surface area contributed by atoms with Crippen LogP contribution in [0.5, 0.6) is 0 Å². The standard InChI is InChI=1S/C12H25N3O2S/c1-4-14(10-11(2)3)18(16,17)15-7-5-12(9-13)6-8-15/h12H,2,4-10,13H2,1,3H3. The molecule has 1 fully saturated rings. The average Bonchev–Trinajstić information content (AvgIpc) is 2.35. The molecule has 0 radical (unpaired) electrons. The molecule has 106 valence electrons. The van der Waals surface area contributed by atoms with Crippen LogP contribution < -0.4 is 5.73 Å². The van der Waals surface area contributed by atoms with Gasteiger partial charge in [-0.2, -0.15) is 17.0 Å². The van der Waals surface area contributed by atoms with E-state index in [0.29, 0.717) is 38.6 Å². The van der Waals surface area contributed by atoms with Crippen molar-refractivity contribution in [1.29, 1.82) is 0 Å². The lowest BCUT2D eigenvalue weighted by Crippen LogP contribution is -2.48. The average molecular weight is 275 g/mol. The first kappa shape index (κ1) is 15.6. The number of rotatable bonds is 6. The maximum Gasteiger partial charge on any atom is 0.282 e. The molecule has 0 saturated carbocycles. The molecule has 1 aliphatic rings. The minimum Gasteiger partial charge on any atom is -0.330 e. The number of piperidine rings is 1. The highest BCUT2D eigenvalue weighted by Crippen LogP contribution is 2.20. The molecule has 0 spiro atoms. The molecule has 0 aliphatic carbocycles. The second-order valence-corrected chi connectivity index (χ2v) is 6.90. The van der Waals surface area contributed by atoms with Crippen molar-refractivity contribution in [2.45, 2.75) is 26.7 Å². The highest BCUT2D eigenvalue weighted by molar-refractivity contribution is 7.86. The summed E-state index contributed by atoms with van der Waals surface area (Å²) in [7, 11) is -3.34. The quantitative estimate of drug-likeness (QED) is 0.729. The Labute approximate surface area is 111 Å². The SMILES string of the molecule is C=C(C)CN(CC)S(=O)(=O)N1CCC(CN)CC1. The number of likely N-dealkylation sites (N-methyl/N-ethyl adjacent to an activating group) is 1. The fraction of sp³-hybridized carbons (Fsp3) is 0.833. The molecule has 0 aromatic carbocycles. The Morgan fingerprint density at radius 1 is 1.44 bits per heavy atom. The fourth-order valence-corrected chi connectivity index (χ4v) is 3.91. The van der Waals surface area contributed by atoms with Crippen LogP contribution in [0.15, 0.2) is 12.2 Å². The highest BCUT2D eigenvalue weighted by atomic mass is 32.2. The highest BCUT2D eigenvalue weighted by Gasteiger charge is 2.31. The summed E-state index contributed by atoms with van der Waals surface area (Å²) in [5, 5.41) is 0. The predicted molar refractivity (Wildman–Crippen MR) is 74.3 cm³/mol. The van der Waals surface area contributed by atoms with E-state index in [1.165, 1.54) is 4.31 Å². The first-order valence-corrected chi connectivity index (χ1v) is 7.91. The molecule has 0 unspecified atom stereocenters. The zero-order valence-electron chi connectivity index (χ0n) is 11.4. The minimum absolute atomic E-state index is 0.398. The van der Waals surface area contributed by atoms with Crippen LogP contribution in [0.25, 0.3) is 0 Å². The van der Waals surface area contributed by atoms with Crippen LogP contribution in [0.2, 0.25) is 0 Å². The van der Waals surface area contributed by atoms with E-state index in [9.17, 15) is 8.42 Å². The summed E-state index contributed by atoms with van der Waals surface area (Å²) >= 11 is 0. The molecule has 0 aromatic rings. The Bertz CT molecular complexity index is 373. The summed E-state index contributed by atoms with van der Waals surface area (Å²) < 4.78 is 27.9. The van der Waals surface area contributed by atoms with Crippen molar-refractivity contribution >= 4 is 10.2 Å². The number of nitrogens with zero attached hydrogens (tertiary/aromatic N) is 2. The summed E-state index contributed by atoms with van der Waals surface area (Å²) in [6.07, 6.45) is 1.72. The van der Waals surface area contributed by atoms with Gasteiger partial charge < -0.3 is 5.73 Å². The third kappa shape index (κ3) is 3.78. The van der Waals surface area contributed by atoms with Gasteiger partial charge in [-0.05, 0) is 32.2 Å². The monoisotopic (exact) mass is 275 g/mol. The van der Waals surface area contributed by atoms with Gasteiger partial charge in [0.05, 0.1) is 0 Å². The van der Waals surface area contributed by atoms with Crippen molar-refractivity contribution in [2.75, 3.05) is 32.7 Å². The van der Waals surface area contributed by atoms with Crippen molar-refractivity contribution < 1.29 is 8.42 Å². The van der Waals surface area contributed by atoms with Gasteiger partial charge >= 0.3 is 0 Å². The maximum atomic E-state index is 12.4. The normalized spacial score (nSPS) is 19.3. The van der Waals surface area contributed by atoms with Crippen molar-refractivity contribution in [1.82, 2.24) is 8.61 Å². The first-order chi connectivity index (χ1) is 8.41. The molecule has 0 aromatic heterocycles. The Balaban J connectivity index is 2.70. The van der Waals surface area contributed by atoms with Crippen LogP contribution in [0.1, 0.15) is 26.7 Å². The number of hydrogen-bond acceptors (Lipinski definition) is 3. The van der Waals surface area contributed by atoms with E-state index >= 15 is 0 Å². The van der Waals surface area contributed by atoms with E-state index in [1.807, 2.05) is 13.8 Å². The summed E-state index contributed by atoms with van der Waals surface area (Å²) in [5.41, 5.74) is 6.48. The lowest BCUT2D eigenvalue weighted by atomic mass is 9.99. The Morgan fingerprint density at radius 2 is 2.00 bits per heavy atom. The van der Waals surface area contributed by atoms with E-state index in [2.05, 4.69) is 6.58 Å². The van der Waals surface area contributed by atoms with Gasteiger partial charge in [0.2, 0.25) is 0 Å². The van der Waals surface area contributed by atoms with Crippen molar-refractivity contribution in [3.63, 3.8) is 0 Å². The summed E-state index contributed by atoms with van der Waals surface area (Å²) in [6.45, 7) is 10.2. The van der Waals surface area contributed by atoms with E-state index in [0.717, 1.165) is 18.4 Å². The maximum absolute atomic E-state index is 12.4. The van der Waals surface area contributed by atoms with Crippen LogP contribution in [-0.4, -0.2) is 49.8 Å². The van der Waals surface area contributed by atoms with Crippen molar-refractivity contribution in [3.8, 4) is 0 Å². The van der Waals surface area contributed by atoms with Gasteiger partial charge in [-0.3, -0.25) is 0 Å². The predicted octanol–water partition coefficient (Wildman–Crippen LogP) is 0.800. The van der Waals surface area contributed by atoms with Crippen LogP contribution in [0, 0.1) is 5.92 Å². The summed E-state index contributed by atoms with van der Waals surface area (Å²) in [4.78, 5) is 0. The van der Waals surface area contributed by atoms with Crippen molar-refractivity contribution in [2.24, 2.45) is 11.7 Å². The van der Waals surface area contributed by atoms with E-state index in [4.69, 9.17) is 5.73 Å². The second kappa shape index (κ2) is 6.65. The molecule has 1 heterocycles. The zero-order chi connectivity index (χ0) is 13.8. The van der Waals surface area contributed by atoms with E-state index in [-0.39, 0.29) is 0 Å². The zero-order valence-corrected chi connectivity index (χ0v) is 12.2. The van der Waals surface area contributed by atoms with Gasteiger partial charge in [-0.15, -0.1) is 0 Å². The van der Waals surface area contributed by atoms with E-state index < -0.39 is 10.2 Å². The van der Waals surface area contributed by atoms with Gasteiger partial charge in [0, 0.05) is 26.2 Å². The van der Waals surface area contributed by atoms with E-state index in [1.54, 1.807) is 4.31 Å². The fourth-order valence-electron chi connectivity index (χ4n) is 2.20. The Morgan fingerprint density at radius 3 is 2.39 bits per heavy atom. The molecule has 0 amide bonds. The minimum atomic E-state index is -3.34. The van der Waals surface area contributed by atoms with Crippen LogP contribution in [0.4, 0.5) is 0 Å². The smallest absolute Gasteiger partial charge is 0.282 e. The van der Waals surface area contributed by atoms with Crippen LogP contribution in [-0.2, 0) is 10.2 Å². The molecule has 5 nitrogen and oxygen atoms in total. The molecule has 1 rings (SSSR count). The third-order valence-electron chi connectivity index (χ3n) is 3.36. The first-order valence-electron chi connectivity index (χ1n) is 6.51. The lowest BCUT2D eigenvalue weighted by molar-refractivity contribution is 0.261. The summed E-state index contributed by atoms with van der Waals surface area (Å²) in [6, 6.07) is 0. The third-order valence-corrected chi connectivity index (χ3v) is 5.42. The Kier molecular flexibility index (Phi) is 5.78. The number of nitrogens with two attached hydrogens (primary N) is 1. The molecule has 18 heavy (non-hydrogen) atoms. The van der Waals surface area contributed by atoms with Crippen LogP contribution >= 0.6 is 0 Å². The molecule has 2 N–H and O–H groups in total. The largest absolute Gasteiger partial charge is 0.330 e. The van der Waals surface area contributed by atoms with Gasteiger partial charge in [-0.25, -0.2) is 0 Å². The lowest BCUT2D eigenvalue weighted by Gasteiger charge is -2.34. The number of hydrogen-bond donors (Lipinski definition) is 1. The molecular weight excluding hydrogens is 250 g/mol. The molecule has 0 atom stereocenters. The van der Waals surface area contributed by atoms with Gasteiger partial charge in [0.15, 0.2) is 0 Å². The van der Waals surface area contributed by atoms with Gasteiger partial charge in [0.1, 0.15) is 0 Å². The molecular formula is C12H25N3O2S. The summed E-state index contributed by atoms with van der Waals surface area (Å²) in [5.74, 6) is 0.465. The molecule has 1 aliphatic heterocycles. The topological polar surface area (TPSA) is 66.6 Å². The van der Waals surface area contributed by atoms with Crippen molar-refractivity contribution in [3.05, 3.63) is 12.2 Å². The second-order valence-electron chi connectivity index (χ2n) is 4.97. The molecule has 6 heteroatoms. The van der Waals surface area contributed by atoms with Gasteiger partial charge in [0.25, 0.3) is 10.2 Å². The van der Waals surface area contributed by atoms with Gasteiger partial charge in [-0.1, -0.05) is 19.1 Å². The molecule has 0 bridgehead atoms. The molecule has 1 saturated heterocycles. The Hall–Kier alpha value is -0.430. The van der Waals surface area contributed by atoms with Crippen LogP contribution in [0.3, 0.4) is 0 Å².